The van der Waals surface area contributed by atoms with Crippen molar-refractivity contribution in [2.75, 3.05) is 27.1 Å². The van der Waals surface area contributed by atoms with Crippen molar-refractivity contribution in [1.29, 1.82) is 0 Å². The second-order valence-corrected chi connectivity index (χ2v) is 12.5. The number of allylic oxidation sites excluding steroid dienone is 1. The van der Waals surface area contributed by atoms with Gasteiger partial charge in [-0.1, -0.05) is 93.1 Å². The molecule has 1 saturated heterocycles. The number of ether oxygens (including phenoxy) is 5. The molecule has 8 heteroatoms. The highest BCUT2D eigenvalue weighted by Crippen LogP contribution is 2.53. The third-order valence-electron chi connectivity index (χ3n) is 9.72. The van der Waals surface area contributed by atoms with E-state index in [2.05, 4.69) is 19.9 Å². The molecular formula is C35H44O8. The van der Waals surface area contributed by atoms with E-state index in [1.165, 1.54) is 7.11 Å². The summed E-state index contributed by atoms with van der Waals surface area (Å²) in [5.74, 6) is -2.56. The van der Waals surface area contributed by atoms with Gasteiger partial charge in [-0.25, -0.2) is 0 Å². The minimum atomic E-state index is -1.17. The molecule has 1 N–H and O–H groups in total. The fourth-order valence-electron chi connectivity index (χ4n) is 7.18. The van der Waals surface area contributed by atoms with Crippen LogP contribution in [0.1, 0.15) is 57.5 Å². The van der Waals surface area contributed by atoms with Crippen molar-refractivity contribution >= 4 is 11.6 Å². The number of ketones is 2. The van der Waals surface area contributed by atoms with Crippen LogP contribution in [0.15, 0.2) is 72.3 Å². The molecule has 5 rings (SSSR count). The summed E-state index contributed by atoms with van der Waals surface area (Å²) in [4.78, 5) is 27.9. The van der Waals surface area contributed by atoms with Gasteiger partial charge in [0.25, 0.3) is 0 Å². The zero-order valence-corrected chi connectivity index (χ0v) is 25.6. The van der Waals surface area contributed by atoms with Crippen molar-refractivity contribution in [3.8, 4) is 0 Å². The Morgan fingerprint density at radius 2 is 1.70 bits per heavy atom. The predicted molar refractivity (Wildman–Crippen MR) is 160 cm³/mol. The van der Waals surface area contributed by atoms with E-state index in [4.69, 9.17) is 23.7 Å². The molecule has 1 aliphatic heterocycles. The zero-order valence-electron chi connectivity index (χ0n) is 25.6. The van der Waals surface area contributed by atoms with Gasteiger partial charge in [-0.2, -0.15) is 0 Å². The fraction of sp³-hybridized carbons (Fsp3) is 0.543. The highest BCUT2D eigenvalue weighted by atomic mass is 16.7. The van der Waals surface area contributed by atoms with Crippen LogP contribution in [0.3, 0.4) is 0 Å². The summed E-state index contributed by atoms with van der Waals surface area (Å²) in [5.41, 5.74) is 1.38. The average Bonchev–Trinajstić information content (AvgIpc) is 3.32. The van der Waals surface area contributed by atoms with Gasteiger partial charge < -0.3 is 28.8 Å². The maximum atomic E-state index is 14.0. The van der Waals surface area contributed by atoms with Crippen molar-refractivity contribution in [1.82, 2.24) is 0 Å². The average molecular weight is 593 g/mol. The van der Waals surface area contributed by atoms with Gasteiger partial charge in [0.1, 0.15) is 18.5 Å². The Balaban J connectivity index is 1.61. The molecule has 43 heavy (non-hydrogen) atoms. The van der Waals surface area contributed by atoms with E-state index in [9.17, 15) is 14.7 Å². The van der Waals surface area contributed by atoms with Crippen LogP contribution in [0.2, 0.25) is 0 Å². The Bertz CT molecular complexity index is 1280. The van der Waals surface area contributed by atoms with E-state index < -0.39 is 52.9 Å². The molecule has 2 bridgehead atoms. The molecule has 2 fully saturated rings. The summed E-state index contributed by atoms with van der Waals surface area (Å²) in [6, 6.07) is 19.5. The molecule has 0 amide bonds. The number of aliphatic hydroxyl groups excluding tert-OH is 1. The molecule has 0 aromatic heterocycles. The lowest BCUT2D eigenvalue weighted by Crippen LogP contribution is -2.61. The van der Waals surface area contributed by atoms with E-state index in [0.717, 1.165) is 23.1 Å². The number of fused-ring (bicyclic) bond motifs is 2. The second kappa shape index (κ2) is 13.5. The fourth-order valence-corrected chi connectivity index (χ4v) is 7.18. The minimum absolute atomic E-state index is 0.0711. The number of benzene rings is 2. The summed E-state index contributed by atoms with van der Waals surface area (Å²) in [6.45, 7) is 6.16. The Labute approximate surface area is 254 Å². The maximum Gasteiger partial charge on any atom is 0.227 e. The lowest BCUT2D eigenvalue weighted by atomic mass is 9.70. The normalized spacial score (nSPS) is 33.7. The van der Waals surface area contributed by atoms with Gasteiger partial charge in [-0.3, -0.25) is 9.59 Å². The number of hydrogen-bond acceptors (Lipinski definition) is 8. The van der Waals surface area contributed by atoms with Crippen LogP contribution in [-0.4, -0.2) is 61.6 Å². The lowest BCUT2D eigenvalue weighted by molar-refractivity contribution is -0.322. The first kappa shape index (κ1) is 31.7. The highest BCUT2D eigenvalue weighted by molar-refractivity contribution is 6.39. The summed E-state index contributed by atoms with van der Waals surface area (Å²) in [5, 5.41) is 10.3. The summed E-state index contributed by atoms with van der Waals surface area (Å²) < 4.78 is 31.0. The number of Topliss-reactive ketones (excluding diaryl/α,β-unsaturated/α-hetero) is 2. The molecule has 0 unspecified atom stereocenters. The van der Waals surface area contributed by atoms with Crippen LogP contribution in [0, 0.1) is 23.2 Å². The second-order valence-electron chi connectivity index (χ2n) is 12.5. The maximum absolute atomic E-state index is 14.0. The SMILES string of the molecule is COCO[C@H]1C(=O)C(=O)[C@H](C)[C@@H]([C@]2(OCc3ccccc3)CO[C@@H](c3ccccc3)O[C@H]2CCO)/C=C2/CC[C@H]1C2(C)C. The molecule has 2 aliphatic carbocycles. The largest absolute Gasteiger partial charge is 0.396 e. The first-order valence-corrected chi connectivity index (χ1v) is 15.2. The Morgan fingerprint density at radius 3 is 2.37 bits per heavy atom. The van der Waals surface area contributed by atoms with Crippen LogP contribution >= 0.6 is 0 Å². The predicted octanol–water partition coefficient (Wildman–Crippen LogP) is 5.19. The Kier molecular flexibility index (Phi) is 9.96. The number of aliphatic hydroxyl groups is 1. The number of carbonyl (C=O) groups is 2. The quantitative estimate of drug-likeness (QED) is 0.229. The molecule has 232 valence electrons. The van der Waals surface area contributed by atoms with Crippen LogP contribution in [0.4, 0.5) is 0 Å². The molecule has 8 nitrogen and oxygen atoms in total. The van der Waals surface area contributed by atoms with E-state index in [1.54, 1.807) is 6.92 Å². The number of methoxy groups -OCH3 is 1. The number of rotatable bonds is 10. The molecule has 1 saturated carbocycles. The smallest absolute Gasteiger partial charge is 0.227 e. The Morgan fingerprint density at radius 1 is 1.00 bits per heavy atom. The van der Waals surface area contributed by atoms with Gasteiger partial charge in [0.05, 0.1) is 19.3 Å². The van der Waals surface area contributed by atoms with Crippen molar-refractivity contribution in [2.24, 2.45) is 23.2 Å². The number of carbonyl (C=O) groups excluding carboxylic acids is 2. The highest BCUT2D eigenvalue weighted by Gasteiger charge is 2.57. The summed E-state index contributed by atoms with van der Waals surface area (Å²) >= 11 is 0. The van der Waals surface area contributed by atoms with Gasteiger partial charge in [0, 0.05) is 37.0 Å². The zero-order chi connectivity index (χ0) is 30.6. The molecule has 2 aromatic carbocycles. The van der Waals surface area contributed by atoms with Crippen LogP contribution in [0.25, 0.3) is 0 Å². The van der Waals surface area contributed by atoms with Gasteiger partial charge >= 0.3 is 0 Å². The van der Waals surface area contributed by atoms with Gasteiger partial charge in [-0.15, -0.1) is 0 Å². The summed E-state index contributed by atoms with van der Waals surface area (Å²) in [6.07, 6.45) is 1.71. The molecule has 7 atom stereocenters. The standard InChI is InChI=1S/C35H44O8/c1-23-28(19-26-15-16-27(34(26,2)3)32(41-22-39-4)31(38)30(23)37)35(42-20-24-11-7-5-8-12-24)21-40-33(43-29(35)17-18-36)25-13-9-6-10-14-25/h5-14,19,23,27-29,32-33,36H,15-18,20-22H2,1-4H3/b26-19-/t23-,27-,28+,29+,32-,33-,35-/m1/s1. The van der Waals surface area contributed by atoms with Crippen molar-refractivity contribution < 1.29 is 38.4 Å². The lowest BCUT2D eigenvalue weighted by Gasteiger charge is -2.51. The first-order chi connectivity index (χ1) is 20.7. The molecule has 1 heterocycles. The van der Waals surface area contributed by atoms with Crippen LogP contribution in [-0.2, 0) is 39.9 Å². The van der Waals surface area contributed by atoms with Crippen molar-refractivity contribution in [2.45, 2.75) is 70.7 Å². The molecule has 2 aromatic rings. The van der Waals surface area contributed by atoms with Gasteiger partial charge in [0.15, 0.2) is 6.29 Å². The van der Waals surface area contributed by atoms with Gasteiger partial charge in [-0.05, 0) is 30.2 Å². The van der Waals surface area contributed by atoms with E-state index in [0.29, 0.717) is 6.42 Å². The van der Waals surface area contributed by atoms with Crippen LogP contribution < -0.4 is 0 Å². The third kappa shape index (κ3) is 6.27. The van der Waals surface area contributed by atoms with E-state index in [1.807, 2.05) is 60.7 Å². The van der Waals surface area contributed by atoms with Crippen molar-refractivity contribution in [3.63, 3.8) is 0 Å². The molecule has 0 radical (unpaired) electrons. The molecule has 3 aliphatic rings. The monoisotopic (exact) mass is 592 g/mol. The Hall–Kier alpha value is -2.72. The summed E-state index contributed by atoms with van der Waals surface area (Å²) in [7, 11) is 1.51. The molecule has 0 spiro atoms. The minimum Gasteiger partial charge on any atom is -0.396 e. The van der Waals surface area contributed by atoms with Crippen molar-refractivity contribution in [3.05, 3.63) is 83.4 Å². The van der Waals surface area contributed by atoms with Crippen LogP contribution in [0.5, 0.6) is 0 Å². The third-order valence-corrected chi connectivity index (χ3v) is 9.72. The molecular weight excluding hydrogens is 548 g/mol. The van der Waals surface area contributed by atoms with Gasteiger partial charge in [0.2, 0.25) is 11.6 Å². The first-order valence-electron chi connectivity index (χ1n) is 15.2. The topological polar surface area (TPSA) is 101 Å². The van der Waals surface area contributed by atoms with E-state index >= 15 is 0 Å². The number of hydrogen-bond donors (Lipinski definition) is 1. The van der Waals surface area contributed by atoms with E-state index in [-0.39, 0.29) is 39.0 Å².